The lowest BCUT2D eigenvalue weighted by Gasteiger charge is -2.54. The van der Waals surface area contributed by atoms with Gasteiger partial charge in [0.15, 0.2) is 0 Å². The average Bonchev–Trinajstić information content (AvgIpc) is 2.71. The third-order valence-corrected chi connectivity index (χ3v) is 10.6. The first kappa shape index (κ1) is 26.3. The highest BCUT2D eigenvalue weighted by atomic mass is 32.2. The second-order valence-electron chi connectivity index (χ2n) is 11.0. The molecule has 2 aliphatic carbocycles. The topological polar surface area (TPSA) is 87.2 Å². The Hall–Kier alpha value is -1.35. The highest BCUT2D eigenvalue weighted by Crippen LogP contribution is 2.45. The Labute approximate surface area is 200 Å². The minimum Gasteiger partial charge on any atom is -0.447 e. The van der Waals surface area contributed by atoms with E-state index in [1.165, 1.54) is 4.31 Å². The molecule has 1 aliphatic heterocycles. The van der Waals surface area contributed by atoms with E-state index in [9.17, 15) is 18.0 Å². The van der Waals surface area contributed by atoms with E-state index in [1.807, 2.05) is 30.6 Å². The van der Waals surface area contributed by atoms with Crippen molar-refractivity contribution in [1.29, 1.82) is 0 Å². The maximum Gasteiger partial charge on any atom is 0.410 e. The van der Waals surface area contributed by atoms with Gasteiger partial charge in [-0.15, -0.1) is 0 Å². The van der Waals surface area contributed by atoms with Crippen LogP contribution in [0.5, 0.6) is 0 Å². The van der Waals surface area contributed by atoms with Crippen molar-refractivity contribution in [1.82, 2.24) is 14.1 Å². The van der Waals surface area contributed by atoms with Gasteiger partial charge in [-0.2, -0.15) is 0 Å². The van der Waals surface area contributed by atoms with Crippen molar-refractivity contribution in [3.8, 4) is 0 Å². The van der Waals surface area contributed by atoms with Crippen molar-refractivity contribution in [2.24, 2.45) is 17.8 Å². The van der Waals surface area contributed by atoms with Crippen LogP contribution >= 0.6 is 0 Å². The van der Waals surface area contributed by atoms with Gasteiger partial charge in [0.1, 0.15) is 0 Å². The molecule has 3 rings (SSSR count). The first-order valence-electron chi connectivity index (χ1n) is 12.5. The monoisotopic (exact) mass is 485 g/mol. The number of nitrogens with zero attached hydrogens (tertiary/aromatic N) is 3. The van der Waals surface area contributed by atoms with Gasteiger partial charge in [-0.25, -0.2) is 17.5 Å². The minimum absolute atomic E-state index is 0.0186. The lowest BCUT2D eigenvalue weighted by Crippen LogP contribution is -2.67. The Morgan fingerprint density at radius 3 is 2.12 bits per heavy atom. The molecule has 0 N–H and O–H groups in total. The molecule has 7 atom stereocenters. The molecule has 0 bridgehead atoms. The molecule has 8 nitrogen and oxygen atoms in total. The summed E-state index contributed by atoms with van der Waals surface area (Å²) in [5, 5.41) is -0.318. The first-order chi connectivity index (χ1) is 15.3. The van der Waals surface area contributed by atoms with Crippen LogP contribution in [0.3, 0.4) is 0 Å². The molecule has 3 fully saturated rings. The van der Waals surface area contributed by atoms with E-state index >= 15 is 0 Å². The van der Waals surface area contributed by atoms with Gasteiger partial charge in [-0.05, 0) is 77.0 Å². The summed E-state index contributed by atoms with van der Waals surface area (Å²) in [5.41, 5.74) is 0. The van der Waals surface area contributed by atoms with Crippen molar-refractivity contribution in [3.05, 3.63) is 0 Å². The third kappa shape index (κ3) is 5.34. The summed E-state index contributed by atoms with van der Waals surface area (Å²) in [6.45, 7) is 9.90. The van der Waals surface area contributed by atoms with Crippen LogP contribution in [0, 0.1) is 17.8 Å². The molecule has 6 unspecified atom stereocenters. The average molecular weight is 486 g/mol. The fourth-order valence-corrected chi connectivity index (χ4v) is 8.33. The number of amides is 2. The summed E-state index contributed by atoms with van der Waals surface area (Å²) >= 11 is 0. The predicted molar refractivity (Wildman–Crippen MR) is 128 cm³/mol. The Morgan fingerprint density at radius 2 is 1.58 bits per heavy atom. The van der Waals surface area contributed by atoms with Gasteiger partial charge in [0, 0.05) is 33.6 Å². The maximum absolute atomic E-state index is 13.0. The fourth-order valence-electron chi connectivity index (χ4n) is 6.66. The maximum atomic E-state index is 13.0. The summed E-state index contributed by atoms with van der Waals surface area (Å²) in [7, 11) is -0.0248. The molecule has 0 aromatic carbocycles. The second-order valence-corrected chi connectivity index (χ2v) is 13.3. The molecular weight excluding hydrogens is 442 g/mol. The summed E-state index contributed by atoms with van der Waals surface area (Å²) in [4.78, 5) is 29.3. The van der Waals surface area contributed by atoms with Crippen molar-refractivity contribution < 1.29 is 22.7 Å². The van der Waals surface area contributed by atoms with E-state index in [-0.39, 0.29) is 47.4 Å². The lowest BCUT2D eigenvalue weighted by molar-refractivity contribution is -0.142. The molecule has 190 valence electrons. The Morgan fingerprint density at radius 1 is 0.970 bits per heavy atom. The second kappa shape index (κ2) is 10.1. The normalized spacial score (nSPS) is 35.5. The number of hydrogen-bond acceptors (Lipinski definition) is 5. The van der Waals surface area contributed by atoms with Crippen LogP contribution in [0.15, 0.2) is 0 Å². The lowest BCUT2D eigenvalue weighted by atomic mass is 9.67. The van der Waals surface area contributed by atoms with Gasteiger partial charge in [0.2, 0.25) is 15.9 Å². The van der Waals surface area contributed by atoms with Crippen LogP contribution in [0.2, 0.25) is 0 Å². The smallest absolute Gasteiger partial charge is 0.410 e. The minimum atomic E-state index is -3.26. The summed E-state index contributed by atoms with van der Waals surface area (Å²) in [6.07, 6.45) is 4.72. The molecule has 9 heteroatoms. The van der Waals surface area contributed by atoms with Gasteiger partial charge in [0.05, 0.1) is 23.4 Å². The zero-order valence-electron chi connectivity index (χ0n) is 21.4. The number of carbonyl (C=O) groups is 2. The predicted octanol–water partition coefficient (Wildman–Crippen LogP) is 3.32. The van der Waals surface area contributed by atoms with Crippen LogP contribution in [-0.2, 0) is 19.6 Å². The molecule has 0 spiro atoms. The number of piperazine rings is 1. The molecule has 33 heavy (non-hydrogen) atoms. The van der Waals surface area contributed by atoms with E-state index in [4.69, 9.17) is 4.74 Å². The third-order valence-electron chi connectivity index (χ3n) is 8.14. The van der Waals surface area contributed by atoms with Crippen LogP contribution in [-0.4, -0.2) is 84.6 Å². The van der Waals surface area contributed by atoms with Crippen LogP contribution < -0.4 is 0 Å². The first-order valence-corrected chi connectivity index (χ1v) is 14.0. The molecule has 3 aliphatic rings. The van der Waals surface area contributed by atoms with Gasteiger partial charge in [-0.3, -0.25) is 4.79 Å². The van der Waals surface area contributed by atoms with Crippen molar-refractivity contribution in [3.63, 3.8) is 0 Å². The molecule has 1 saturated heterocycles. The summed E-state index contributed by atoms with van der Waals surface area (Å²) in [5.74, 6) is 1.04. The number of ether oxygens (including phenoxy) is 1. The fraction of sp³-hybridized carbons (Fsp3) is 0.917. The summed E-state index contributed by atoms with van der Waals surface area (Å²) in [6, 6.07) is -0.0644. The molecule has 0 aromatic rings. The highest BCUT2D eigenvalue weighted by molar-refractivity contribution is 7.89. The molecule has 2 saturated carbocycles. The van der Waals surface area contributed by atoms with Crippen molar-refractivity contribution in [2.45, 2.75) is 103 Å². The largest absolute Gasteiger partial charge is 0.447 e. The van der Waals surface area contributed by atoms with Crippen molar-refractivity contribution >= 4 is 22.0 Å². The molecule has 0 radical (unpaired) electrons. The molecule has 2 amide bonds. The number of carbonyl (C=O) groups excluding carboxylic acids is 2. The van der Waals surface area contributed by atoms with E-state index < -0.39 is 10.0 Å². The van der Waals surface area contributed by atoms with Gasteiger partial charge < -0.3 is 14.5 Å². The number of fused-ring (bicyclic) bond motifs is 1. The molecular formula is C24H43N3O5S. The number of rotatable bonds is 4. The van der Waals surface area contributed by atoms with Crippen LogP contribution in [0.25, 0.3) is 0 Å². The zero-order valence-corrected chi connectivity index (χ0v) is 22.2. The van der Waals surface area contributed by atoms with Gasteiger partial charge in [0.25, 0.3) is 0 Å². The Kier molecular flexibility index (Phi) is 8.04. The van der Waals surface area contributed by atoms with Gasteiger partial charge in [-0.1, -0.05) is 6.92 Å². The molecule has 1 heterocycles. The highest BCUT2D eigenvalue weighted by Gasteiger charge is 2.49. The summed E-state index contributed by atoms with van der Waals surface area (Å²) < 4.78 is 32.4. The standard InChI is InChI=1S/C24H43N3O5S/c1-15(2)32-24(29)26-14-17(4)27(18(5)28)21-10-8-20(13-22(21)26)19-9-11-23(16(3)12-19)33(30,31)25(6)7/h15-17,19-23H,8-14H2,1-7H3/t16?,17-,19?,20?,21?,22?,23?/m0/s1. The number of sulfonamides is 1. The SMILES string of the molecule is CC(=O)N1C2CCC(C3CCC(S(=O)(=O)N(C)C)C(C)C3)CC2N(C(=O)OC(C)C)C[C@@H]1C. The van der Waals surface area contributed by atoms with Crippen molar-refractivity contribution in [2.75, 3.05) is 20.6 Å². The van der Waals surface area contributed by atoms with Gasteiger partial charge >= 0.3 is 6.09 Å². The van der Waals surface area contributed by atoms with E-state index in [0.29, 0.717) is 24.8 Å². The Bertz CT molecular complexity index is 830. The zero-order chi connectivity index (χ0) is 24.7. The van der Waals surface area contributed by atoms with E-state index in [0.717, 1.165) is 32.1 Å². The van der Waals surface area contributed by atoms with Crippen LogP contribution in [0.4, 0.5) is 4.79 Å². The van der Waals surface area contributed by atoms with E-state index in [2.05, 4.69) is 6.92 Å². The Balaban J connectivity index is 1.76. The quantitative estimate of drug-likeness (QED) is 0.610. The number of hydrogen-bond donors (Lipinski definition) is 0. The van der Waals surface area contributed by atoms with E-state index in [1.54, 1.807) is 21.0 Å². The molecule has 0 aromatic heterocycles. The van der Waals surface area contributed by atoms with Crippen LogP contribution in [0.1, 0.15) is 73.1 Å².